The molecule has 0 saturated carbocycles. The second kappa shape index (κ2) is 7.74. The van der Waals surface area contributed by atoms with E-state index in [9.17, 15) is 9.59 Å². The van der Waals surface area contributed by atoms with Crippen LogP contribution in [0.2, 0.25) is 0 Å². The van der Waals surface area contributed by atoms with Gasteiger partial charge in [-0.15, -0.1) is 0 Å². The number of nitrogens with one attached hydrogen (secondary N) is 3. The van der Waals surface area contributed by atoms with Crippen LogP contribution in [-0.4, -0.2) is 59.0 Å². The average molecular weight is 359 g/mol. The molecule has 0 aliphatic carbocycles. The number of rotatable bonds is 6. The zero-order chi connectivity index (χ0) is 18.7. The van der Waals surface area contributed by atoms with Gasteiger partial charge in [0.2, 0.25) is 11.8 Å². The Hall–Kier alpha value is -2.61. The smallest absolute Gasteiger partial charge is 0.237 e. The predicted octanol–water partition coefficient (Wildman–Crippen LogP) is 0.787. The standard InChI is InChI=1S/C18H25N5O3/c1-11(2)23-7-6-19-18(25)15(23)9-17(24)20-10-16-21-13-5-4-12(26-3)8-14(13)22-16/h4-5,8,11,15H,6-7,9-10H2,1-3H3,(H,19,25)(H,20,24)(H,21,22)/t15-/m0/s1. The highest BCUT2D eigenvalue weighted by molar-refractivity contribution is 5.88. The van der Waals surface area contributed by atoms with Crippen molar-refractivity contribution in [3.8, 4) is 5.75 Å². The summed E-state index contributed by atoms with van der Waals surface area (Å²) in [5.41, 5.74) is 1.67. The van der Waals surface area contributed by atoms with Crippen molar-refractivity contribution < 1.29 is 14.3 Å². The Morgan fingerprint density at radius 2 is 2.27 bits per heavy atom. The molecule has 1 fully saturated rings. The summed E-state index contributed by atoms with van der Waals surface area (Å²) in [6.45, 7) is 5.73. The summed E-state index contributed by atoms with van der Waals surface area (Å²) in [5, 5.41) is 5.68. The van der Waals surface area contributed by atoms with E-state index < -0.39 is 6.04 Å². The molecule has 2 amide bonds. The molecule has 26 heavy (non-hydrogen) atoms. The molecular formula is C18H25N5O3. The number of methoxy groups -OCH3 is 1. The van der Waals surface area contributed by atoms with E-state index in [1.165, 1.54) is 0 Å². The van der Waals surface area contributed by atoms with E-state index in [-0.39, 0.29) is 30.8 Å². The molecule has 1 saturated heterocycles. The van der Waals surface area contributed by atoms with E-state index in [1.54, 1.807) is 7.11 Å². The summed E-state index contributed by atoms with van der Waals surface area (Å²) in [4.78, 5) is 34.1. The summed E-state index contributed by atoms with van der Waals surface area (Å²) >= 11 is 0. The van der Waals surface area contributed by atoms with Gasteiger partial charge in [-0.1, -0.05) is 0 Å². The minimum absolute atomic E-state index is 0.0871. The molecule has 1 aromatic carbocycles. The van der Waals surface area contributed by atoms with Crippen molar-refractivity contribution >= 4 is 22.8 Å². The van der Waals surface area contributed by atoms with Gasteiger partial charge in [0.15, 0.2) is 0 Å². The zero-order valence-corrected chi connectivity index (χ0v) is 15.3. The molecule has 1 atom stereocenters. The lowest BCUT2D eigenvalue weighted by molar-refractivity contribution is -0.134. The van der Waals surface area contributed by atoms with Gasteiger partial charge in [-0.2, -0.15) is 0 Å². The molecule has 140 valence electrons. The van der Waals surface area contributed by atoms with Crippen molar-refractivity contribution in [2.75, 3.05) is 20.2 Å². The Labute approximate surface area is 152 Å². The molecule has 0 spiro atoms. The number of benzene rings is 1. The summed E-state index contributed by atoms with van der Waals surface area (Å²) in [5.74, 6) is 1.15. The molecular weight excluding hydrogens is 334 g/mol. The number of amides is 2. The number of hydrogen-bond donors (Lipinski definition) is 3. The monoisotopic (exact) mass is 359 g/mol. The van der Waals surface area contributed by atoms with Gasteiger partial charge in [-0.3, -0.25) is 14.5 Å². The highest BCUT2D eigenvalue weighted by Crippen LogP contribution is 2.18. The predicted molar refractivity (Wildman–Crippen MR) is 97.7 cm³/mol. The number of nitrogens with zero attached hydrogens (tertiary/aromatic N) is 2. The molecule has 1 aromatic heterocycles. The van der Waals surface area contributed by atoms with Gasteiger partial charge >= 0.3 is 0 Å². The summed E-state index contributed by atoms with van der Waals surface area (Å²) in [6.07, 6.45) is 0.137. The van der Waals surface area contributed by atoms with Gasteiger partial charge in [0.25, 0.3) is 0 Å². The molecule has 1 aliphatic rings. The minimum Gasteiger partial charge on any atom is -0.497 e. The normalized spacial score (nSPS) is 18.2. The summed E-state index contributed by atoms with van der Waals surface area (Å²) in [6, 6.07) is 5.35. The third-order valence-corrected chi connectivity index (χ3v) is 4.61. The van der Waals surface area contributed by atoms with Crippen LogP contribution in [0.25, 0.3) is 11.0 Å². The first-order chi connectivity index (χ1) is 12.5. The molecule has 2 heterocycles. The molecule has 3 rings (SSSR count). The minimum atomic E-state index is -0.427. The third kappa shape index (κ3) is 3.96. The highest BCUT2D eigenvalue weighted by atomic mass is 16.5. The average Bonchev–Trinajstić information content (AvgIpc) is 3.03. The van der Waals surface area contributed by atoms with Gasteiger partial charge in [0.05, 0.1) is 37.2 Å². The Kier molecular flexibility index (Phi) is 5.41. The number of ether oxygens (including phenoxy) is 1. The first kappa shape index (κ1) is 18.2. The number of fused-ring (bicyclic) bond motifs is 1. The van der Waals surface area contributed by atoms with Crippen LogP contribution in [-0.2, 0) is 16.1 Å². The molecule has 2 aromatic rings. The number of piperazine rings is 1. The van der Waals surface area contributed by atoms with Crippen LogP contribution in [0.3, 0.4) is 0 Å². The van der Waals surface area contributed by atoms with E-state index in [4.69, 9.17) is 4.74 Å². The quantitative estimate of drug-likeness (QED) is 0.708. The number of aromatic amines is 1. The maximum Gasteiger partial charge on any atom is 0.237 e. The number of aromatic nitrogens is 2. The van der Waals surface area contributed by atoms with Crippen molar-refractivity contribution in [2.24, 2.45) is 0 Å². The molecule has 8 nitrogen and oxygen atoms in total. The molecule has 0 bridgehead atoms. The molecule has 1 aliphatic heterocycles. The fourth-order valence-electron chi connectivity index (χ4n) is 3.24. The van der Waals surface area contributed by atoms with E-state index in [2.05, 4.69) is 25.5 Å². The lowest BCUT2D eigenvalue weighted by Crippen LogP contribution is -2.58. The van der Waals surface area contributed by atoms with Crippen LogP contribution in [0.5, 0.6) is 5.75 Å². The van der Waals surface area contributed by atoms with E-state index >= 15 is 0 Å². The van der Waals surface area contributed by atoms with Gasteiger partial charge in [-0.25, -0.2) is 4.98 Å². The second-order valence-corrected chi connectivity index (χ2v) is 6.69. The highest BCUT2D eigenvalue weighted by Gasteiger charge is 2.32. The van der Waals surface area contributed by atoms with Gasteiger partial charge in [0, 0.05) is 25.2 Å². The first-order valence-electron chi connectivity index (χ1n) is 8.80. The van der Waals surface area contributed by atoms with Crippen LogP contribution in [0.1, 0.15) is 26.1 Å². The number of H-pyrrole nitrogens is 1. The number of carbonyl (C=O) groups excluding carboxylic acids is 2. The van der Waals surface area contributed by atoms with Crippen molar-refractivity contribution in [1.29, 1.82) is 0 Å². The SMILES string of the molecule is COc1ccc2nc(CNC(=O)C[C@H]3C(=O)NCCN3C(C)C)[nH]c2c1. The summed E-state index contributed by atoms with van der Waals surface area (Å²) < 4.78 is 5.19. The van der Waals surface area contributed by atoms with Crippen LogP contribution >= 0.6 is 0 Å². The van der Waals surface area contributed by atoms with Gasteiger partial charge in [0.1, 0.15) is 11.6 Å². The van der Waals surface area contributed by atoms with Crippen molar-refractivity contribution in [2.45, 2.75) is 38.9 Å². The number of hydrogen-bond acceptors (Lipinski definition) is 5. The Bertz CT molecular complexity index is 801. The van der Waals surface area contributed by atoms with E-state index in [0.717, 1.165) is 23.3 Å². The van der Waals surface area contributed by atoms with Crippen molar-refractivity contribution in [3.05, 3.63) is 24.0 Å². The maximum absolute atomic E-state index is 12.3. The summed E-state index contributed by atoms with van der Waals surface area (Å²) in [7, 11) is 1.61. The Balaban J connectivity index is 1.60. The van der Waals surface area contributed by atoms with Crippen LogP contribution in [0, 0.1) is 0 Å². The second-order valence-electron chi connectivity index (χ2n) is 6.69. The van der Waals surface area contributed by atoms with Crippen LogP contribution in [0.15, 0.2) is 18.2 Å². The molecule has 0 radical (unpaired) electrons. The van der Waals surface area contributed by atoms with Crippen molar-refractivity contribution in [1.82, 2.24) is 25.5 Å². The zero-order valence-electron chi connectivity index (χ0n) is 15.3. The van der Waals surface area contributed by atoms with Crippen LogP contribution in [0.4, 0.5) is 0 Å². The number of carbonyl (C=O) groups is 2. The molecule has 3 N–H and O–H groups in total. The molecule has 8 heteroatoms. The first-order valence-corrected chi connectivity index (χ1v) is 8.80. The molecule has 0 unspecified atom stereocenters. The van der Waals surface area contributed by atoms with E-state index in [0.29, 0.717) is 12.4 Å². The lowest BCUT2D eigenvalue weighted by atomic mass is 10.1. The van der Waals surface area contributed by atoms with Gasteiger partial charge < -0.3 is 20.4 Å². The third-order valence-electron chi connectivity index (χ3n) is 4.61. The van der Waals surface area contributed by atoms with Crippen molar-refractivity contribution in [3.63, 3.8) is 0 Å². The topological polar surface area (TPSA) is 99.3 Å². The largest absolute Gasteiger partial charge is 0.497 e. The fraction of sp³-hybridized carbons (Fsp3) is 0.500. The Morgan fingerprint density at radius 1 is 1.46 bits per heavy atom. The maximum atomic E-state index is 12.3. The van der Waals surface area contributed by atoms with Crippen LogP contribution < -0.4 is 15.4 Å². The van der Waals surface area contributed by atoms with Gasteiger partial charge in [-0.05, 0) is 26.0 Å². The fourth-order valence-corrected chi connectivity index (χ4v) is 3.24. The Morgan fingerprint density at radius 3 is 3.00 bits per heavy atom. The number of imidazole rings is 1. The van der Waals surface area contributed by atoms with E-state index in [1.807, 2.05) is 32.0 Å². The lowest BCUT2D eigenvalue weighted by Gasteiger charge is -2.37.